The number of hydrogen-bond acceptors (Lipinski definition) is 4. The summed E-state index contributed by atoms with van der Waals surface area (Å²) in [6.45, 7) is 3.87. The zero-order valence-corrected chi connectivity index (χ0v) is 10.8. The number of nitrogens with one attached hydrogen (secondary N) is 2. The van der Waals surface area contributed by atoms with Crippen LogP contribution in [-0.4, -0.2) is 27.3 Å². The van der Waals surface area contributed by atoms with E-state index in [4.69, 9.17) is 0 Å². The molecule has 0 aliphatic heterocycles. The number of hydrogen-bond donors (Lipinski definition) is 2. The van der Waals surface area contributed by atoms with Crippen LogP contribution in [0.15, 0.2) is 29.6 Å². The van der Waals surface area contributed by atoms with Gasteiger partial charge in [0.05, 0.1) is 6.21 Å². The van der Waals surface area contributed by atoms with Gasteiger partial charge < -0.3 is 0 Å². The van der Waals surface area contributed by atoms with Gasteiger partial charge >= 0.3 is 0 Å². The lowest BCUT2D eigenvalue weighted by Gasteiger charge is -1.97. The molecule has 6 heteroatoms. The molecular formula is C13H15N5O. The molecule has 98 valence electrons. The molecule has 2 N–H and O–H groups in total. The molecular weight excluding hydrogens is 242 g/mol. The average molecular weight is 257 g/mol. The third kappa shape index (κ3) is 3.04. The second kappa shape index (κ2) is 5.90. The molecule has 2 aromatic rings. The van der Waals surface area contributed by atoms with Crippen LogP contribution in [0.5, 0.6) is 0 Å². The van der Waals surface area contributed by atoms with E-state index in [-0.39, 0.29) is 5.91 Å². The normalized spacial score (nSPS) is 10.8. The molecule has 0 saturated heterocycles. The van der Waals surface area contributed by atoms with Crippen molar-refractivity contribution in [2.24, 2.45) is 5.10 Å². The van der Waals surface area contributed by atoms with E-state index >= 15 is 0 Å². The molecule has 0 saturated carbocycles. The molecule has 2 aromatic heterocycles. The first-order chi connectivity index (χ1) is 9.22. The smallest absolute Gasteiger partial charge is 0.282 e. The lowest BCUT2D eigenvalue weighted by Crippen LogP contribution is -2.19. The number of aromatic amines is 1. The van der Waals surface area contributed by atoms with Crippen LogP contribution >= 0.6 is 0 Å². The molecule has 0 unspecified atom stereocenters. The monoisotopic (exact) mass is 257 g/mol. The van der Waals surface area contributed by atoms with Crippen molar-refractivity contribution >= 4 is 12.1 Å². The zero-order valence-electron chi connectivity index (χ0n) is 10.8. The minimum Gasteiger partial charge on any atom is -0.282 e. The van der Waals surface area contributed by atoms with Gasteiger partial charge in [-0.15, -0.1) is 0 Å². The van der Waals surface area contributed by atoms with Gasteiger partial charge in [-0.2, -0.15) is 10.2 Å². The fourth-order valence-electron chi connectivity index (χ4n) is 1.67. The molecule has 0 fully saturated rings. The summed E-state index contributed by atoms with van der Waals surface area (Å²) >= 11 is 0. The largest absolute Gasteiger partial charge is 0.292 e. The Labute approximate surface area is 111 Å². The highest BCUT2D eigenvalue weighted by Gasteiger charge is 2.14. The third-order valence-corrected chi connectivity index (χ3v) is 2.74. The molecule has 2 heterocycles. The maximum atomic E-state index is 11.9. The molecule has 6 nitrogen and oxygen atoms in total. The molecule has 0 aromatic carbocycles. The highest BCUT2D eigenvalue weighted by molar-refractivity contribution is 5.94. The van der Waals surface area contributed by atoms with Crippen LogP contribution in [0.4, 0.5) is 0 Å². The Hall–Kier alpha value is -2.50. The number of carbonyl (C=O) groups excluding carboxylic acids is 1. The summed E-state index contributed by atoms with van der Waals surface area (Å²) in [6.07, 6.45) is 5.68. The van der Waals surface area contributed by atoms with Crippen LogP contribution in [0.25, 0.3) is 0 Å². The first-order valence-corrected chi connectivity index (χ1v) is 5.99. The van der Waals surface area contributed by atoms with Gasteiger partial charge in [0.1, 0.15) is 0 Å². The van der Waals surface area contributed by atoms with Crippen molar-refractivity contribution in [1.29, 1.82) is 0 Å². The molecule has 2 rings (SSSR count). The number of aromatic nitrogens is 3. The van der Waals surface area contributed by atoms with Gasteiger partial charge in [-0.3, -0.25) is 14.9 Å². The van der Waals surface area contributed by atoms with Crippen molar-refractivity contribution in [1.82, 2.24) is 20.6 Å². The van der Waals surface area contributed by atoms with Crippen LogP contribution in [-0.2, 0) is 6.42 Å². The van der Waals surface area contributed by atoms with E-state index in [0.29, 0.717) is 5.69 Å². The second-order valence-electron chi connectivity index (χ2n) is 4.01. The Bertz CT molecular complexity index is 588. The van der Waals surface area contributed by atoms with Crippen LogP contribution in [0.2, 0.25) is 0 Å². The Morgan fingerprint density at radius 3 is 3.05 bits per heavy atom. The van der Waals surface area contributed by atoms with E-state index in [2.05, 4.69) is 25.7 Å². The lowest BCUT2D eigenvalue weighted by molar-refractivity contribution is 0.0949. The average Bonchev–Trinajstić information content (AvgIpc) is 2.81. The Morgan fingerprint density at radius 1 is 1.58 bits per heavy atom. The molecule has 0 spiro atoms. The summed E-state index contributed by atoms with van der Waals surface area (Å²) in [7, 11) is 0. The zero-order chi connectivity index (χ0) is 13.7. The van der Waals surface area contributed by atoms with Crippen molar-refractivity contribution in [2.45, 2.75) is 20.3 Å². The fourth-order valence-corrected chi connectivity index (χ4v) is 1.67. The van der Waals surface area contributed by atoms with Gasteiger partial charge in [0.2, 0.25) is 0 Å². The Balaban J connectivity index is 2.02. The minimum absolute atomic E-state index is 0.325. The van der Waals surface area contributed by atoms with E-state index in [9.17, 15) is 4.79 Å². The van der Waals surface area contributed by atoms with Gasteiger partial charge in [0.15, 0.2) is 5.69 Å². The SMILES string of the molecule is CCc1[nH]nc(C(=O)N/N=C\c2cccnc2)c1C. The van der Waals surface area contributed by atoms with E-state index in [0.717, 1.165) is 23.2 Å². The van der Waals surface area contributed by atoms with Crippen molar-refractivity contribution in [3.8, 4) is 0 Å². The molecule has 1 amide bonds. The third-order valence-electron chi connectivity index (χ3n) is 2.74. The Kier molecular flexibility index (Phi) is 4.02. The van der Waals surface area contributed by atoms with E-state index in [1.165, 1.54) is 6.21 Å². The number of amides is 1. The molecule has 0 radical (unpaired) electrons. The van der Waals surface area contributed by atoms with E-state index in [1.807, 2.05) is 19.9 Å². The number of pyridine rings is 1. The van der Waals surface area contributed by atoms with Crippen LogP contribution in [0.3, 0.4) is 0 Å². The molecule has 0 bridgehead atoms. The topological polar surface area (TPSA) is 83.0 Å². The standard InChI is InChI=1S/C13H15N5O/c1-3-11-9(2)12(17-16-11)13(19)18-15-8-10-5-4-6-14-7-10/h4-8H,3H2,1-2H3,(H,16,17)(H,18,19)/b15-8-. The number of carbonyl (C=O) groups is 1. The molecule has 19 heavy (non-hydrogen) atoms. The first-order valence-electron chi connectivity index (χ1n) is 5.99. The number of aryl methyl sites for hydroxylation is 1. The molecule has 0 aliphatic carbocycles. The minimum atomic E-state index is -0.325. The Morgan fingerprint density at radius 2 is 2.42 bits per heavy atom. The quantitative estimate of drug-likeness (QED) is 0.642. The number of H-pyrrole nitrogens is 1. The van der Waals surface area contributed by atoms with Crippen molar-refractivity contribution < 1.29 is 4.79 Å². The number of nitrogens with zero attached hydrogens (tertiary/aromatic N) is 3. The fraction of sp³-hybridized carbons (Fsp3) is 0.231. The van der Waals surface area contributed by atoms with Crippen LogP contribution in [0, 0.1) is 6.92 Å². The van der Waals surface area contributed by atoms with Crippen molar-refractivity contribution in [2.75, 3.05) is 0 Å². The highest BCUT2D eigenvalue weighted by Crippen LogP contribution is 2.09. The maximum Gasteiger partial charge on any atom is 0.292 e. The predicted molar refractivity (Wildman–Crippen MR) is 72.0 cm³/mol. The maximum absolute atomic E-state index is 11.9. The summed E-state index contributed by atoms with van der Waals surface area (Å²) in [5.41, 5.74) is 5.45. The highest BCUT2D eigenvalue weighted by atomic mass is 16.2. The van der Waals surface area contributed by atoms with Gasteiger partial charge in [0, 0.05) is 29.2 Å². The van der Waals surface area contributed by atoms with Crippen molar-refractivity contribution in [3.63, 3.8) is 0 Å². The predicted octanol–water partition coefficient (Wildman–Crippen LogP) is 1.44. The summed E-state index contributed by atoms with van der Waals surface area (Å²) < 4.78 is 0. The summed E-state index contributed by atoms with van der Waals surface area (Å²) in [6, 6.07) is 3.65. The van der Waals surface area contributed by atoms with Gasteiger partial charge in [-0.05, 0) is 19.4 Å². The second-order valence-corrected chi connectivity index (χ2v) is 4.01. The number of hydrazone groups is 1. The summed E-state index contributed by atoms with van der Waals surface area (Å²) in [4.78, 5) is 15.8. The van der Waals surface area contributed by atoms with E-state index < -0.39 is 0 Å². The van der Waals surface area contributed by atoms with E-state index in [1.54, 1.807) is 18.5 Å². The number of rotatable bonds is 4. The summed E-state index contributed by atoms with van der Waals surface area (Å²) in [5.74, 6) is -0.325. The van der Waals surface area contributed by atoms with Gasteiger partial charge in [-0.25, -0.2) is 5.43 Å². The van der Waals surface area contributed by atoms with Crippen LogP contribution < -0.4 is 5.43 Å². The summed E-state index contributed by atoms with van der Waals surface area (Å²) in [5, 5.41) is 10.7. The van der Waals surface area contributed by atoms with Gasteiger partial charge in [-0.1, -0.05) is 13.0 Å². The first kappa shape index (κ1) is 12.9. The van der Waals surface area contributed by atoms with Gasteiger partial charge in [0.25, 0.3) is 5.91 Å². The van der Waals surface area contributed by atoms with Crippen molar-refractivity contribution in [3.05, 3.63) is 47.0 Å². The lowest BCUT2D eigenvalue weighted by atomic mass is 10.1. The molecule has 0 aliphatic rings. The van der Waals surface area contributed by atoms with Crippen LogP contribution in [0.1, 0.15) is 34.2 Å². The molecule has 0 atom stereocenters.